The van der Waals surface area contributed by atoms with Crippen molar-refractivity contribution in [2.75, 3.05) is 18.1 Å². The third kappa shape index (κ3) is 2.00. The molecule has 2 heteroatoms. The molecule has 0 aliphatic rings. The van der Waals surface area contributed by atoms with Gasteiger partial charge in [-0.05, 0) is 19.1 Å². The third-order valence-corrected chi connectivity index (χ3v) is 1.74. The lowest BCUT2D eigenvalue weighted by molar-refractivity contribution is 0.904. The average molecular weight is 160 g/mol. The molecule has 12 heavy (non-hydrogen) atoms. The van der Waals surface area contributed by atoms with E-state index in [0.29, 0.717) is 6.67 Å². The zero-order chi connectivity index (χ0) is 8.81. The Bertz CT molecular complexity index is 261. The second kappa shape index (κ2) is 4.40. The first-order chi connectivity index (χ1) is 5.88. The van der Waals surface area contributed by atoms with Crippen molar-refractivity contribution in [3.8, 4) is 0 Å². The molecule has 0 saturated carbocycles. The molecule has 62 valence electrons. The molecule has 0 aromatic heterocycles. The highest BCUT2D eigenvalue weighted by Crippen LogP contribution is 2.11. The van der Waals surface area contributed by atoms with Crippen LogP contribution in [-0.4, -0.2) is 13.2 Å². The Morgan fingerprint density at radius 1 is 1.33 bits per heavy atom. The van der Waals surface area contributed by atoms with Crippen LogP contribution in [-0.2, 0) is 0 Å². The summed E-state index contributed by atoms with van der Waals surface area (Å²) in [5.74, 6) is 0. The number of para-hydroxylation sites is 1. The molecular weight excluding hydrogens is 148 g/mol. The number of benzene rings is 1. The van der Waals surface area contributed by atoms with Crippen molar-refractivity contribution in [3.05, 3.63) is 41.7 Å². The van der Waals surface area contributed by atoms with Gasteiger partial charge in [-0.3, -0.25) is 4.85 Å². The summed E-state index contributed by atoms with van der Waals surface area (Å²) in [6, 6.07) is 10.0. The van der Waals surface area contributed by atoms with Gasteiger partial charge in [0.25, 0.3) is 6.67 Å². The first-order valence-electron chi connectivity index (χ1n) is 4.01. The molecule has 0 radical (unpaired) electrons. The summed E-state index contributed by atoms with van der Waals surface area (Å²) in [5.41, 5.74) is 1.12. The van der Waals surface area contributed by atoms with Crippen LogP contribution in [0.4, 0.5) is 5.69 Å². The Morgan fingerprint density at radius 3 is 2.50 bits per heavy atom. The zero-order valence-electron chi connectivity index (χ0n) is 7.20. The predicted molar refractivity (Wildman–Crippen MR) is 50.9 cm³/mol. The molecule has 1 aromatic rings. The van der Waals surface area contributed by atoms with Crippen LogP contribution in [0, 0.1) is 6.57 Å². The third-order valence-electron chi connectivity index (χ3n) is 1.74. The maximum absolute atomic E-state index is 6.77. The van der Waals surface area contributed by atoms with Gasteiger partial charge in [-0.1, -0.05) is 18.2 Å². The van der Waals surface area contributed by atoms with Crippen molar-refractivity contribution in [2.45, 2.75) is 6.92 Å². The second-order valence-corrected chi connectivity index (χ2v) is 2.49. The Morgan fingerprint density at radius 2 is 2.00 bits per heavy atom. The highest BCUT2D eigenvalue weighted by atomic mass is 15.2. The van der Waals surface area contributed by atoms with Gasteiger partial charge in [-0.2, -0.15) is 0 Å². The van der Waals surface area contributed by atoms with Crippen LogP contribution in [0.25, 0.3) is 4.85 Å². The topological polar surface area (TPSA) is 7.60 Å². The van der Waals surface area contributed by atoms with Crippen molar-refractivity contribution in [1.29, 1.82) is 0 Å². The predicted octanol–water partition coefficient (Wildman–Crippen LogP) is 2.39. The van der Waals surface area contributed by atoms with Crippen molar-refractivity contribution in [2.24, 2.45) is 0 Å². The summed E-state index contributed by atoms with van der Waals surface area (Å²) in [4.78, 5) is 5.39. The van der Waals surface area contributed by atoms with Crippen molar-refractivity contribution < 1.29 is 0 Å². The molecule has 2 nitrogen and oxygen atoms in total. The molecule has 0 aliphatic heterocycles. The molecule has 0 N–H and O–H groups in total. The fourth-order valence-electron chi connectivity index (χ4n) is 1.09. The van der Waals surface area contributed by atoms with Gasteiger partial charge in [0.2, 0.25) is 0 Å². The van der Waals surface area contributed by atoms with Gasteiger partial charge in [0.1, 0.15) is 0 Å². The van der Waals surface area contributed by atoms with Crippen LogP contribution in [0.1, 0.15) is 6.92 Å². The zero-order valence-corrected chi connectivity index (χ0v) is 7.20. The van der Waals surface area contributed by atoms with Gasteiger partial charge in [0.15, 0.2) is 0 Å². The van der Waals surface area contributed by atoms with Crippen LogP contribution in [0.2, 0.25) is 0 Å². The number of hydrogen-bond acceptors (Lipinski definition) is 1. The van der Waals surface area contributed by atoms with Gasteiger partial charge < -0.3 is 4.90 Å². The first-order valence-corrected chi connectivity index (χ1v) is 4.01. The Hall–Kier alpha value is -1.49. The highest BCUT2D eigenvalue weighted by molar-refractivity contribution is 5.45. The van der Waals surface area contributed by atoms with E-state index in [4.69, 9.17) is 6.57 Å². The summed E-state index contributed by atoms with van der Waals surface area (Å²) in [6.45, 7) is 10.1. The van der Waals surface area contributed by atoms with E-state index >= 15 is 0 Å². The Kier molecular flexibility index (Phi) is 3.16. The molecule has 0 fully saturated rings. The fraction of sp³-hybridized carbons (Fsp3) is 0.300. The molecule has 1 rings (SSSR count). The fourth-order valence-corrected chi connectivity index (χ4v) is 1.09. The van der Waals surface area contributed by atoms with E-state index in [1.54, 1.807) is 0 Å². The molecule has 0 spiro atoms. The summed E-state index contributed by atoms with van der Waals surface area (Å²) < 4.78 is 0. The molecule has 0 heterocycles. The smallest absolute Gasteiger partial charge is 0.289 e. The van der Waals surface area contributed by atoms with Crippen molar-refractivity contribution in [1.82, 2.24) is 0 Å². The lowest BCUT2D eigenvalue weighted by atomic mass is 10.3. The van der Waals surface area contributed by atoms with Gasteiger partial charge in [0, 0.05) is 12.2 Å². The van der Waals surface area contributed by atoms with E-state index in [-0.39, 0.29) is 0 Å². The van der Waals surface area contributed by atoms with Gasteiger partial charge in [-0.25, -0.2) is 6.57 Å². The number of nitrogens with zero attached hydrogens (tertiary/aromatic N) is 2. The number of anilines is 1. The van der Waals surface area contributed by atoms with Crippen LogP contribution in [0.3, 0.4) is 0 Å². The minimum Gasteiger partial charge on any atom is -0.306 e. The van der Waals surface area contributed by atoms with E-state index in [1.807, 2.05) is 35.2 Å². The minimum atomic E-state index is 0.445. The van der Waals surface area contributed by atoms with Gasteiger partial charge in [-0.15, -0.1) is 0 Å². The SMILES string of the molecule is [C-]#[N+]CN(CC)c1ccccc1. The lowest BCUT2D eigenvalue weighted by Crippen LogP contribution is -2.21. The van der Waals surface area contributed by atoms with Crippen molar-refractivity contribution >= 4 is 5.69 Å². The summed E-state index contributed by atoms with van der Waals surface area (Å²) >= 11 is 0. The van der Waals surface area contributed by atoms with E-state index in [9.17, 15) is 0 Å². The monoisotopic (exact) mass is 160 g/mol. The average Bonchev–Trinajstić information content (AvgIpc) is 2.15. The molecular formula is C10H12N2. The molecule has 0 saturated heterocycles. The number of hydrogen-bond donors (Lipinski definition) is 0. The van der Waals surface area contributed by atoms with E-state index in [1.165, 1.54) is 0 Å². The van der Waals surface area contributed by atoms with Crippen LogP contribution in [0.15, 0.2) is 30.3 Å². The minimum absolute atomic E-state index is 0.445. The molecule has 0 aliphatic carbocycles. The van der Waals surface area contributed by atoms with Crippen LogP contribution >= 0.6 is 0 Å². The molecule has 0 amide bonds. The normalized spacial score (nSPS) is 9.00. The summed E-state index contributed by atoms with van der Waals surface area (Å²) in [5, 5.41) is 0. The van der Waals surface area contributed by atoms with E-state index in [2.05, 4.69) is 11.8 Å². The molecule has 0 unspecified atom stereocenters. The quantitative estimate of drug-likeness (QED) is 0.616. The maximum atomic E-state index is 6.77. The molecule has 0 bridgehead atoms. The van der Waals surface area contributed by atoms with E-state index < -0.39 is 0 Å². The van der Waals surface area contributed by atoms with E-state index in [0.717, 1.165) is 12.2 Å². The van der Waals surface area contributed by atoms with Gasteiger partial charge in [0.05, 0.1) is 0 Å². The van der Waals surface area contributed by atoms with Crippen LogP contribution < -0.4 is 4.90 Å². The maximum Gasteiger partial charge on any atom is 0.289 e. The lowest BCUT2D eigenvalue weighted by Gasteiger charge is -2.15. The van der Waals surface area contributed by atoms with Crippen LogP contribution in [0.5, 0.6) is 0 Å². The summed E-state index contributed by atoms with van der Waals surface area (Å²) in [7, 11) is 0. The number of rotatable bonds is 3. The van der Waals surface area contributed by atoms with Gasteiger partial charge >= 0.3 is 0 Å². The molecule has 1 aromatic carbocycles. The molecule has 0 atom stereocenters. The second-order valence-electron chi connectivity index (χ2n) is 2.49. The highest BCUT2D eigenvalue weighted by Gasteiger charge is 2.03. The largest absolute Gasteiger partial charge is 0.306 e. The Balaban J connectivity index is 2.75. The summed E-state index contributed by atoms with van der Waals surface area (Å²) in [6.07, 6.45) is 0. The van der Waals surface area contributed by atoms with Crippen molar-refractivity contribution in [3.63, 3.8) is 0 Å². The standard InChI is InChI=1S/C10H12N2/c1-3-12(9-11-2)10-7-5-4-6-8-10/h4-8H,3,9H2,1H3. The Labute approximate surface area is 73.3 Å². The first kappa shape index (κ1) is 8.61.